The number of phenols is 1. The number of nitrogens with zero attached hydrogens (tertiary/aromatic N) is 2. The fourth-order valence-electron chi connectivity index (χ4n) is 6.83. The van der Waals surface area contributed by atoms with Crippen molar-refractivity contribution in [1.29, 1.82) is 0 Å². The normalized spacial score (nSPS) is 20.8. The highest BCUT2D eigenvalue weighted by Gasteiger charge is 2.42. The fourth-order valence-corrected chi connectivity index (χ4v) is 6.83. The van der Waals surface area contributed by atoms with Crippen LogP contribution in [0.15, 0.2) is 65.1 Å². The first-order chi connectivity index (χ1) is 23.8. The standard InChI is InChI=1S/C40H47N3O7/c1-9-42(10-2)28-14-12-27(13-15-28)33-36(46)34(37(33)47)31-17-16-29(22-32(31)41-26(7)44)43(11-3)20-21-49-39(48)40(8)19-18-30-25(6)35(45)23(4)24(5)38(30)50-40/h12-17,22H,9-11,18-21H2,1-8H3,(H2,45,46,47). The average Bonchev–Trinajstić information content (AvgIpc) is 3.10. The van der Waals surface area contributed by atoms with Gasteiger partial charge in [-0.25, -0.2) is 9.37 Å². The monoisotopic (exact) mass is 681 g/mol. The zero-order chi connectivity index (χ0) is 36.5. The first-order valence-corrected chi connectivity index (χ1v) is 17.3. The van der Waals surface area contributed by atoms with Crippen molar-refractivity contribution in [1.82, 2.24) is 5.32 Å². The number of nitrogens with one attached hydrogen (secondary N) is 1. The Balaban J connectivity index is 1.34. The molecule has 10 nitrogen and oxygen atoms in total. The Morgan fingerprint density at radius 2 is 1.72 bits per heavy atom. The van der Waals surface area contributed by atoms with Crippen LogP contribution in [0, 0.1) is 20.8 Å². The van der Waals surface area contributed by atoms with E-state index in [1.165, 1.54) is 6.92 Å². The number of rotatable bonds is 10. The summed E-state index contributed by atoms with van der Waals surface area (Å²) in [5.74, 6) is -0.637. The number of carbonyl (C=O) groups excluding carboxylic acids is 3. The molecule has 2 N–H and O–H groups in total. The summed E-state index contributed by atoms with van der Waals surface area (Å²) in [5, 5.41) is 26.7. The second kappa shape index (κ2) is 14.4. The van der Waals surface area contributed by atoms with Crippen LogP contribution in [0.3, 0.4) is 0 Å². The van der Waals surface area contributed by atoms with Crippen molar-refractivity contribution >= 4 is 34.6 Å². The number of ketones is 1. The van der Waals surface area contributed by atoms with Crippen molar-refractivity contribution in [2.75, 3.05) is 37.7 Å². The predicted molar refractivity (Wildman–Crippen MR) is 191 cm³/mol. The summed E-state index contributed by atoms with van der Waals surface area (Å²) in [5.41, 5.74) is 5.25. The molecule has 0 spiro atoms. The zero-order valence-corrected chi connectivity index (χ0v) is 30.3. The van der Waals surface area contributed by atoms with Crippen molar-refractivity contribution in [3.63, 3.8) is 0 Å². The number of amides is 1. The average molecular weight is 682 g/mol. The molecule has 0 fully saturated rings. The van der Waals surface area contributed by atoms with Crippen LogP contribution in [0.4, 0.5) is 5.69 Å². The number of ether oxygens (including phenoxy) is 2. The van der Waals surface area contributed by atoms with Crippen molar-refractivity contribution in [2.24, 2.45) is 0 Å². The number of hydrogen-bond acceptors (Lipinski definition) is 8. The summed E-state index contributed by atoms with van der Waals surface area (Å²) in [6.07, 6.45) is 6.20. The molecule has 1 atom stereocenters. The van der Waals surface area contributed by atoms with Crippen molar-refractivity contribution < 1.29 is 38.6 Å². The number of phenolic OH excluding ortho intramolecular Hbond substituents is 1. The Kier molecular flexibility index (Phi) is 10.4. The van der Waals surface area contributed by atoms with Gasteiger partial charge < -0.3 is 29.9 Å². The van der Waals surface area contributed by atoms with E-state index in [4.69, 9.17) is 9.47 Å². The molecule has 0 aromatic heterocycles. The second-order valence-electron chi connectivity index (χ2n) is 13.1. The number of allylic oxidation sites excluding steroid dienone is 5. The van der Waals surface area contributed by atoms with Gasteiger partial charge in [-0.2, -0.15) is 0 Å². The van der Waals surface area contributed by atoms with Gasteiger partial charge in [0.25, 0.3) is 0 Å². The SMILES string of the molecule is CCN(CC)c1ccc(C2=C([O-])/C(=C3C=C/C(=[N+](/CC)CCOC(=O)C4(C)CCc5c(C)c(O)c(C)c(C)c5O4)C=C/3NC(C)=O)C2=O)cc1. The van der Waals surface area contributed by atoms with Gasteiger partial charge in [-0.3, -0.25) is 9.59 Å². The third kappa shape index (κ3) is 6.58. The molecule has 1 amide bonds. The van der Waals surface area contributed by atoms with Crippen LogP contribution < -0.4 is 20.1 Å². The van der Waals surface area contributed by atoms with Crippen LogP contribution in [0.1, 0.15) is 68.9 Å². The highest BCUT2D eigenvalue weighted by atomic mass is 16.6. The predicted octanol–water partition coefficient (Wildman–Crippen LogP) is 4.50. The van der Waals surface area contributed by atoms with Gasteiger partial charge in [0, 0.05) is 66.6 Å². The van der Waals surface area contributed by atoms with Crippen molar-refractivity contribution in [3.05, 3.63) is 92.9 Å². The molecule has 0 bridgehead atoms. The summed E-state index contributed by atoms with van der Waals surface area (Å²) < 4.78 is 14.0. The van der Waals surface area contributed by atoms with Crippen molar-refractivity contribution in [2.45, 2.75) is 73.8 Å². The molecule has 2 aromatic carbocycles. The molecular formula is C40H47N3O7. The van der Waals surface area contributed by atoms with E-state index in [-0.39, 0.29) is 41.0 Å². The fraction of sp³-hybridized carbons (Fsp3) is 0.400. The van der Waals surface area contributed by atoms with Gasteiger partial charge in [-0.1, -0.05) is 17.9 Å². The molecule has 10 heteroatoms. The van der Waals surface area contributed by atoms with Crippen LogP contribution in [0.5, 0.6) is 11.5 Å². The maximum absolute atomic E-state index is 13.4. The minimum Gasteiger partial charge on any atom is -0.871 e. The quantitative estimate of drug-likeness (QED) is 0.213. The highest BCUT2D eigenvalue weighted by Crippen LogP contribution is 2.44. The molecular weight excluding hydrogens is 634 g/mol. The van der Waals surface area contributed by atoms with Gasteiger partial charge in [-0.15, -0.1) is 0 Å². The molecule has 0 saturated heterocycles. The van der Waals surface area contributed by atoms with E-state index in [1.807, 2.05) is 44.4 Å². The lowest BCUT2D eigenvalue weighted by atomic mass is 9.79. The third-order valence-corrected chi connectivity index (χ3v) is 10.1. The Bertz CT molecular complexity index is 1910. The Hall–Kier alpha value is -5.12. The Morgan fingerprint density at radius 1 is 1.04 bits per heavy atom. The minimum atomic E-state index is -1.17. The lowest BCUT2D eigenvalue weighted by Gasteiger charge is -2.35. The number of hydrogen-bond donors (Lipinski definition) is 2. The minimum absolute atomic E-state index is 0.0400. The zero-order valence-electron chi connectivity index (χ0n) is 30.3. The molecule has 5 rings (SSSR count). The number of benzene rings is 2. The van der Waals surface area contributed by atoms with Gasteiger partial charge in [-0.05, 0) is 95.3 Å². The number of Topliss-reactive ketones (excluding diaryl/α,β-unsaturated/α-hetero) is 1. The number of aromatic hydroxyl groups is 1. The summed E-state index contributed by atoms with van der Waals surface area (Å²) in [7, 11) is 0. The second-order valence-corrected chi connectivity index (χ2v) is 13.1. The van der Waals surface area contributed by atoms with E-state index < -0.39 is 11.6 Å². The van der Waals surface area contributed by atoms with Crippen LogP contribution >= 0.6 is 0 Å². The summed E-state index contributed by atoms with van der Waals surface area (Å²) in [6.45, 7) is 17.5. The maximum Gasteiger partial charge on any atom is 0.350 e. The number of esters is 1. The smallest absolute Gasteiger partial charge is 0.350 e. The molecule has 1 aliphatic heterocycles. The molecule has 50 heavy (non-hydrogen) atoms. The molecule has 1 unspecified atom stereocenters. The van der Waals surface area contributed by atoms with Gasteiger partial charge >= 0.3 is 5.97 Å². The van der Waals surface area contributed by atoms with E-state index in [9.17, 15) is 24.6 Å². The molecule has 1 heterocycles. The molecule has 2 aliphatic carbocycles. The first-order valence-electron chi connectivity index (χ1n) is 17.3. The van der Waals surface area contributed by atoms with Crippen LogP contribution in [-0.2, 0) is 25.5 Å². The van der Waals surface area contributed by atoms with Crippen LogP contribution in [0.25, 0.3) is 5.57 Å². The molecule has 264 valence electrons. The largest absolute Gasteiger partial charge is 0.871 e. The van der Waals surface area contributed by atoms with E-state index in [0.717, 1.165) is 46.7 Å². The topological polar surface area (TPSA) is 131 Å². The van der Waals surface area contributed by atoms with E-state index in [0.29, 0.717) is 48.5 Å². The maximum atomic E-state index is 13.4. The number of fused-ring (bicyclic) bond motifs is 1. The van der Waals surface area contributed by atoms with Crippen LogP contribution in [-0.4, -0.2) is 71.4 Å². The molecule has 0 radical (unpaired) electrons. The number of anilines is 1. The molecule has 2 aromatic rings. The third-order valence-electron chi connectivity index (χ3n) is 10.1. The summed E-state index contributed by atoms with van der Waals surface area (Å²) >= 11 is 0. The number of likely N-dealkylation sites (N-methyl/N-ethyl adjacent to an activating group) is 1. The molecule has 0 saturated carbocycles. The van der Waals surface area contributed by atoms with E-state index in [1.54, 1.807) is 37.3 Å². The lowest BCUT2D eigenvalue weighted by molar-refractivity contribution is -0.525. The van der Waals surface area contributed by atoms with E-state index >= 15 is 0 Å². The summed E-state index contributed by atoms with van der Waals surface area (Å²) in [4.78, 5) is 41.2. The van der Waals surface area contributed by atoms with E-state index in [2.05, 4.69) is 24.1 Å². The van der Waals surface area contributed by atoms with Crippen LogP contribution in [0.2, 0.25) is 0 Å². The lowest BCUT2D eigenvalue weighted by Crippen LogP contribution is -2.46. The van der Waals surface area contributed by atoms with Gasteiger partial charge in [0.05, 0.1) is 5.70 Å². The van der Waals surface area contributed by atoms with Crippen molar-refractivity contribution in [3.8, 4) is 11.5 Å². The number of carbonyl (C=O) groups is 3. The Morgan fingerprint density at radius 3 is 2.32 bits per heavy atom. The van der Waals surface area contributed by atoms with Gasteiger partial charge in [0.1, 0.15) is 24.7 Å². The molecule has 3 aliphatic rings. The summed E-state index contributed by atoms with van der Waals surface area (Å²) in [6, 6.07) is 7.43. The van der Waals surface area contributed by atoms with Gasteiger partial charge in [0.2, 0.25) is 17.2 Å². The Labute approximate surface area is 294 Å². The highest BCUT2D eigenvalue weighted by molar-refractivity contribution is 6.39. The first kappa shape index (κ1) is 36.2. The van der Waals surface area contributed by atoms with Gasteiger partial charge in [0.15, 0.2) is 12.3 Å².